The number of alkyl halides is 3. The predicted octanol–water partition coefficient (Wildman–Crippen LogP) is 3.62. The SMILES string of the molecule is CCCC(C)C(NN)C1CCC(C(F)(F)F)CC1. The molecule has 0 aromatic carbocycles. The fraction of sp³-hybridized carbons (Fsp3) is 1.00. The molecule has 0 aliphatic heterocycles. The standard InChI is InChI=1S/C13H25F3N2/c1-3-4-9(2)12(18-17)10-5-7-11(8-6-10)13(14,15)16/h9-12,18H,3-8,17H2,1-2H3. The molecule has 2 nitrogen and oxygen atoms in total. The maximum Gasteiger partial charge on any atom is 0.391 e. The van der Waals surface area contributed by atoms with Crippen LogP contribution in [-0.2, 0) is 0 Å². The fourth-order valence-electron chi connectivity index (χ4n) is 3.21. The third kappa shape index (κ3) is 4.12. The van der Waals surface area contributed by atoms with Gasteiger partial charge in [-0.3, -0.25) is 11.3 Å². The fourth-order valence-corrected chi connectivity index (χ4v) is 3.21. The molecule has 1 rings (SSSR count). The van der Waals surface area contributed by atoms with Crippen LogP contribution in [-0.4, -0.2) is 12.2 Å². The van der Waals surface area contributed by atoms with Crippen molar-refractivity contribution in [2.45, 2.75) is 64.6 Å². The van der Waals surface area contributed by atoms with Crippen LogP contribution in [0.4, 0.5) is 13.2 Å². The molecular weight excluding hydrogens is 241 g/mol. The lowest BCUT2D eigenvalue weighted by molar-refractivity contribution is -0.184. The second-order valence-corrected chi connectivity index (χ2v) is 5.61. The van der Waals surface area contributed by atoms with E-state index in [-0.39, 0.29) is 24.8 Å². The Labute approximate surface area is 107 Å². The van der Waals surface area contributed by atoms with Crippen molar-refractivity contribution in [1.82, 2.24) is 5.43 Å². The van der Waals surface area contributed by atoms with Crippen LogP contribution in [0.2, 0.25) is 0 Å². The Morgan fingerprint density at radius 1 is 1.22 bits per heavy atom. The summed E-state index contributed by atoms with van der Waals surface area (Å²) < 4.78 is 37.8. The average molecular weight is 266 g/mol. The number of nitrogens with two attached hydrogens (primary N) is 1. The van der Waals surface area contributed by atoms with Gasteiger partial charge in [-0.25, -0.2) is 0 Å². The van der Waals surface area contributed by atoms with E-state index in [1.807, 2.05) is 0 Å². The molecule has 18 heavy (non-hydrogen) atoms. The van der Waals surface area contributed by atoms with Crippen LogP contribution in [0.25, 0.3) is 0 Å². The van der Waals surface area contributed by atoms with Gasteiger partial charge in [-0.15, -0.1) is 0 Å². The number of halogens is 3. The Bertz CT molecular complexity index is 235. The number of hydrogen-bond donors (Lipinski definition) is 2. The second-order valence-electron chi connectivity index (χ2n) is 5.61. The van der Waals surface area contributed by atoms with E-state index in [2.05, 4.69) is 19.3 Å². The predicted molar refractivity (Wildman–Crippen MR) is 66.7 cm³/mol. The van der Waals surface area contributed by atoms with Crippen molar-refractivity contribution in [3.63, 3.8) is 0 Å². The summed E-state index contributed by atoms with van der Waals surface area (Å²) in [5.41, 5.74) is 2.83. The van der Waals surface area contributed by atoms with Crippen molar-refractivity contribution in [3.8, 4) is 0 Å². The molecule has 0 heterocycles. The molecule has 0 aromatic heterocycles. The molecule has 0 aromatic rings. The third-order valence-corrected chi connectivity index (χ3v) is 4.29. The van der Waals surface area contributed by atoms with E-state index in [0.717, 1.165) is 12.8 Å². The highest BCUT2D eigenvalue weighted by atomic mass is 19.4. The Balaban J connectivity index is 2.50. The molecular formula is C13H25F3N2. The largest absolute Gasteiger partial charge is 0.391 e. The summed E-state index contributed by atoms with van der Waals surface area (Å²) in [5, 5.41) is 0. The summed E-state index contributed by atoms with van der Waals surface area (Å²) in [6.45, 7) is 4.24. The summed E-state index contributed by atoms with van der Waals surface area (Å²) in [6, 6.07) is 0.152. The van der Waals surface area contributed by atoms with E-state index >= 15 is 0 Å². The van der Waals surface area contributed by atoms with Crippen LogP contribution < -0.4 is 11.3 Å². The van der Waals surface area contributed by atoms with Gasteiger partial charge in [-0.1, -0.05) is 20.3 Å². The molecule has 1 saturated carbocycles. The summed E-state index contributed by atoms with van der Waals surface area (Å²) in [5.74, 6) is 5.19. The molecule has 0 bridgehead atoms. The zero-order chi connectivity index (χ0) is 13.8. The highest BCUT2D eigenvalue weighted by Gasteiger charge is 2.42. The van der Waals surface area contributed by atoms with Crippen molar-refractivity contribution in [2.75, 3.05) is 0 Å². The molecule has 3 N–H and O–H groups in total. The van der Waals surface area contributed by atoms with Gasteiger partial charge in [-0.2, -0.15) is 13.2 Å². The van der Waals surface area contributed by atoms with Crippen LogP contribution in [0.3, 0.4) is 0 Å². The molecule has 0 spiro atoms. The van der Waals surface area contributed by atoms with Gasteiger partial charge in [0.25, 0.3) is 0 Å². The summed E-state index contributed by atoms with van der Waals surface area (Å²) >= 11 is 0. The molecule has 5 heteroatoms. The zero-order valence-corrected chi connectivity index (χ0v) is 11.3. The van der Waals surface area contributed by atoms with Crippen LogP contribution in [0.15, 0.2) is 0 Å². The van der Waals surface area contributed by atoms with E-state index < -0.39 is 12.1 Å². The lowest BCUT2D eigenvalue weighted by Gasteiger charge is -2.37. The average Bonchev–Trinajstić information content (AvgIpc) is 2.30. The molecule has 2 unspecified atom stereocenters. The molecule has 0 saturated heterocycles. The molecule has 0 radical (unpaired) electrons. The van der Waals surface area contributed by atoms with Gasteiger partial charge in [0.2, 0.25) is 0 Å². The number of rotatable bonds is 5. The normalized spacial score (nSPS) is 29.0. The van der Waals surface area contributed by atoms with Gasteiger partial charge in [0.15, 0.2) is 0 Å². The van der Waals surface area contributed by atoms with E-state index in [4.69, 9.17) is 5.84 Å². The van der Waals surface area contributed by atoms with E-state index in [1.54, 1.807) is 0 Å². The molecule has 1 aliphatic rings. The van der Waals surface area contributed by atoms with Crippen molar-refractivity contribution >= 4 is 0 Å². The van der Waals surface area contributed by atoms with E-state index in [0.29, 0.717) is 18.8 Å². The Morgan fingerprint density at radius 2 is 1.78 bits per heavy atom. The first-order valence-corrected chi connectivity index (χ1v) is 6.93. The number of nitrogens with one attached hydrogen (secondary N) is 1. The Hall–Kier alpha value is -0.290. The molecule has 1 fully saturated rings. The van der Waals surface area contributed by atoms with Crippen LogP contribution in [0, 0.1) is 17.8 Å². The molecule has 0 amide bonds. The van der Waals surface area contributed by atoms with Gasteiger partial charge in [-0.05, 0) is 43.9 Å². The minimum absolute atomic E-state index is 0.152. The molecule has 2 atom stereocenters. The smallest absolute Gasteiger partial charge is 0.271 e. The summed E-state index contributed by atoms with van der Waals surface area (Å²) in [4.78, 5) is 0. The van der Waals surface area contributed by atoms with Gasteiger partial charge in [0.05, 0.1) is 5.92 Å². The van der Waals surface area contributed by atoms with Gasteiger partial charge >= 0.3 is 6.18 Å². The van der Waals surface area contributed by atoms with Crippen LogP contribution in [0.1, 0.15) is 52.4 Å². The number of hydrazine groups is 1. The zero-order valence-electron chi connectivity index (χ0n) is 11.3. The van der Waals surface area contributed by atoms with Crippen LogP contribution in [0.5, 0.6) is 0 Å². The van der Waals surface area contributed by atoms with Crippen LogP contribution >= 0.6 is 0 Å². The third-order valence-electron chi connectivity index (χ3n) is 4.29. The van der Waals surface area contributed by atoms with E-state index in [9.17, 15) is 13.2 Å². The minimum Gasteiger partial charge on any atom is -0.271 e. The number of hydrogen-bond acceptors (Lipinski definition) is 2. The monoisotopic (exact) mass is 266 g/mol. The van der Waals surface area contributed by atoms with Gasteiger partial charge in [0.1, 0.15) is 0 Å². The maximum atomic E-state index is 12.6. The maximum absolute atomic E-state index is 12.6. The van der Waals surface area contributed by atoms with Crippen molar-refractivity contribution in [3.05, 3.63) is 0 Å². The van der Waals surface area contributed by atoms with Gasteiger partial charge < -0.3 is 0 Å². The lowest BCUT2D eigenvalue weighted by Crippen LogP contribution is -2.47. The minimum atomic E-state index is -4.02. The Kier molecular flexibility index (Phi) is 5.92. The summed E-state index contributed by atoms with van der Waals surface area (Å²) in [7, 11) is 0. The quantitative estimate of drug-likeness (QED) is 0.589. The lowest BCUT2D eigenvalue weighted by atomic mass is 9.74. The molecule has 108 valence electrons. The Morgan fingerprint density at radius 3 is 2.17 bits per heavy atom. The first-order chi connectivity index (χ1) is 8.40. The second kappa shape index (κ2) is 6.75. The van der Waals surface area contributed by atoms with Crippen molar-refractivity contribution in [2.24, 2.45) is 23.6 Å². The highest BCUT2D eigenvalue weighted by Crippen LogP contribution is 2.41. The van der Waals surface area contributed by atoms with Crippen molar-refractivity contribution < 1.29 is 13.2 Å². The topological polar surface area (TPSA) is 38.0 Å². The van der Waals surface area contributed by atoms with E-state index in [1.165, 1.54) is 0 Å². The van der Waals surface area contributed by atoms with Gasteiger partial charge in [0, 0.05) is 6.04 Å². The highest BCUT2D eigenvalue weighted by molar-refractivity contribution is 4.85. The summed E-state index contributed by atoms with van der Waals surface area (Å²) in [6.07, 6.45) is -0.104. The first kappa shape index (κ1) is 15.8. The van der Waals surface area contributed by atoms with Crippen molar-refractivity contribution in [1.29, 1.82) is 0 Å². The first-order valence-electron chi connectivity index (χ1n) is 6.93. The molecule has 1 aliphatic carbocycles.